The fraction of sp³-hybridized carbons (Fsp3) is 0.278. The van der Waals surface area contributed by atoms with Gasteiger partial charge in [-0.05, 0) is 41.8 Å². The average molecular weight is 371 g/mol. The van der Waals surface area contributed by atoms with Gasteiger partial charge in [0.2, 0.25) is 17.7 Å². The highest BCUT2D eigenvalue weighted by Crippen LogP contribution is 2.30. The van der Waals surface area contributed by atoms with Crippen molar-refractivity contribution < 1.29 is 9.21 Å². The Bertz CT molecular complexity index is 845. The standard InChI is InChI=1S/C18H17N3O2S2/c22-16(4-3-15-2-1-10-25-15)21-8-5-13(6-9-21)17-19-20-18(23-17)14-7-11-24-12-14/h1-4,7,10-13H,5-6,8-9H2. The van der Waals surface area contributed by atoms with E-state index < -0.39 is 0 Å². The van der Waals surface area contributed by atoms with E-state index >= 15 is 0 Å². The average Bonchev–Trinajstić information content (AvgIpc) is 3.42. The third-order valence-corrected chi connectivity index (χ3v) is 5.82. The van der Waals surface area contributed by atoms with Gasteiger partial charge in [-0.25, -0.2) is 0 Å². The minimum absolute atomic E-state index is 0.0661. The van der Waals surface area contributed by atoms with E-state index in [0.717, 1.165) is 23.3 Å². The van der Waals surface area contributed by atoms with Crippen molar-refractivity contribution in [1.29, 1.82) is 0 Å². The third kappa shape index (κ3) is 3.72. The molecule has 5 nitrogen and oxygen atoms in total. The first-order chi connectivity index (χ1) is 12.3. The Labute approximate surface area is 153 Å². The summed E-state index contributed by atoms with van der Waals surface area (Å²) in [4.78, 5) is 15.3. The molecule has 0 bridgehead atoms. The molecule has 1 aliphatic heterocycles. The van der Waals surface area contributed by atoms with Crippen LogP contribution in [-0.4, -0.2) is 34.1 Å². The third-order valence-electron chi connectivity index (χ3n) is 4.30. The molecule has 0 N–H and O–H groups in total. The summed E-state index contributed by atoms with van der Waals surface area (Å²) in [5.41, 5.74) is 0.968. The van der Waals surface area contributed by atoms with Crippen molar-refractivity contribution in [3.05, 3.63) is 51.2 Å². The Balaban J connectivity index is 1.34. The maximum atomic E-state index is 12.3. The van der Waals surface area contributed by atoms with E-state index in [-0.39, 0.29) is 11.8 Å². The minimum Gasteiger partial charge on any atom is -0.420 e. The highest BCUT2D eigenvalue weighted by molar-refractivity contribution is 7.10. The summed E-state index contributed by atoms with van der Waals surface area (Å²) >= 11 is 3.23. The van der Waals surface area contributed by atoms with Gasteiger partial charge < -0.3 is 9.32 Å². The van der Waals surface area contributed by atoms with Crippen LogP contribution in [0.3, 0.4) is 0 Å². The van der Waals surface area contributed by atoms with Crippen LogP contribution in [0.2, 0.25) is 0 Å². The van der Waals surface area contributed by atoms with Gasteiger partial charge in [0.1, 0.15) is 0 Å². The predicted octanol–water partition coefficient (Wildman–Crippen LogP) is 4.28. The molecule has 0 spiro atoms. The van der Waals surface area contributed by atoms with E-state index in [4.69, 9.17) is 4.42 Å². The summed E-state index contributed by atoms with van der Waals surface area (Å²) in [7, 11) is 0. The van der Waals surface area contributed by atoms with Gasteiger partial charge in [0, 0.05) is 40.9 Å². The van der Waals surface area contributed by atoms with Crippen molar-refractivity contribution >= 4 is 34.7 Å². The lowest BCUT2D eigenvalue weighted by Gasteiger charge is -2.29. The number of nitrogens with zero attached hydrogens (tertiary/aromatic N) is 3. The normalized spacial score (nSPS) is 15.9. The number of thiophene rings is 2. The summed E-state index contributed by atoms with van der Waals surface area (Å²) in [6, 6.07) is 5.96. The zero-order valence-corrected chi connectivity index (χ0v) is 15.1. The van der Waals surface area contributed by atoms with Crippen LogP contribution in [0.4, 0.5) is 0 Å². The molecule has 128 valence electrons. The zero-order valence-electron chi connectivity index (χ0n) is 13.5. The second-order valence-corrected chi connectivity index (χ2v) is 7.67. The van der Waals surface area contributed by atoms with Crippen LogP contribution in [0.1, 0.15) is 29.5 Å². The van der Waals surface area contributed by atoms with Gasteiger partial charge in [-0.3, -0.25) is 4.79 Å². The van der Waals surface area contributed by atoms with Crippen LogP contribution < -0.4 is 0 Å². The summed E-state index contributed by atoms with van der Waals surface area (Å²) in [5, 5.41) is 14.3. The molecule has 0 atom stereocenters. The van der Waals surface area contributed by atoms with Crippen LogP contribution in [-0.2, 0) is 4.79 Å². The fourth-order valence-corrected chi connectivity index (χ4v) is 4.14. The lowest BCUT2D eigenvalue weighted by Crippen LogP contribution is -2.36. The number of likely N-dealkylation sites (tertiary alicyclic amines) is 1. The van der Waals surface area contributed by atoms with Gasteiger partial charge in [0.05, 0.1) is 0 Å². The Kier molecular flexibility index (Phi) is 4.76. The smallest absolute Gasteiger partial charge is 0.248 e. The van der Waals surface area contributed by atoms with Gasteiger partial charge >= 0.3 is 0 Å². The van der Waals surface area contributed by atoms with E-state index in [1.807, 2.05) is 45.3 Å². The second-order valence-electron chi connectivity index (χ2n) is 5.91. The maximum Gasteiger partial charge on any atom is 0.248 e. The molecule has 0 aromatic carbocycles. The van der Waals surface area contributed by atoms with Crippen LogP contribution in [0, 0.1) is 0 Å². The van der Waals surface area contributed by atoms with E-state index in [9.17, 15) is 4.79 Å². The lowest BCUT2D eigenvalue weighted by atomic mass is 9.97. The second kappa shape index (κ2) is 7.33. The number of rotatable bonds is 4. The Morgan fingerprint density at radius 1 is 1.24 bits per heavy atom. The Hall–Kier alpha value is -2.25. The van der Waals surface area contributed by atoms with Crippen LogP contribution >= 0.6 is 22.7 Å². The van der Waals surface area contributed by atoms with Gasteiger partial charge in [0.15, 0.2) is 0 Å². The van der Waals surface area contributed by atoms with E-state index in [1.54, 1.807) is 28.7 Å². The van der Waals surface area contributed by atoms with Crippen molar-refractivity contribution in [2.24, 2.45) is 0 Å². The summed E-state index contributed by atoms with van der Waals surface area (Å²) in [6.07, 6.45) is 5.24. The molecule has 0 aliphatic carbocycles. The lowest BCUT2D eigenvalue weighted by molar-refractivity contribution is -0.127. The number of aromatic nitrogens is 2. The van der Waals surface area contributed by atoms with E-state index in [2.05, 4.69) is 10.2 Å². The van der Waals surface area contributed by atoms with Gasteiger partial charge in [0.25, 0.3) is 0 Å². The summed E-state index contributed by atoms with van der Waals surface area (Å²) in [5.74, 6) is 1.55. The molecule has 1 fully saturated rings. The molecule has 0 saturated carbocycles. The van der Waals surface area contributed by atoms with Crippen LogP contribution in [0.25, 0.3) is 17.5 Å². The molecule has 0 radical (unpaired) electrons. The molecule has 25 heavy (non-hydrogen) atoms. The van der Waals surface area contributed by atoms with Crippen molar-refractivity contribution in [2.45, 2.75) is 18.8 Å². The molecule has 3 aromatic heterocycles. The molecule has 0 unspecified atom stereocenters. The molecule has 1 amide bonds. The number of carbonyl (C=O) groups is 1. The number of hydrogen-bond donors (Lipinski definition) is 0. The van der Waals surface area contributed by atoms with Gasteiger partial charge in [-0.1, -0.05) is 6.07 Å². The van der Waals surface area contributed by atoms with Crippen LogP contribution in [0.15, 0.2) is 44.8 Å². The van der Waals surface area contributed by atoms with E-state index in [0.29, 0.717) is 24.9 Å². The SMILES string of the molecule is O=C(C=Cc1cccs1)N1CCC(c2nnc(-c3ccsc3)o2)CC1. The molecule has 1 saturated heterocycles. The highest BCUT2D eigenvalue weighted by atomic mass is 32.1. The fourth-order valence-electron chi connectivity index (χ4n) is 2.89. The molecule has 7 heteroatoms. The Morgan fingerprint density at radius 3 is 2.84 bits per heavy atom. The first kappa shape index (κ1) is 16.2. The molecular formula is C18H17N3O2S2. The monoisotopic (exact) mass is 371 g/mol. The minimum atomic E-state index is 0.0661. The van der Waals surface area contributed by atoms with Crippen LogP contribution in [0.5, 0.6) is 0 Å². The van der Waals surface area contributed by atoms with E-state index in [1.165, 1.54) is 0 Å². The first-order valence-electron chi connectivity index (χ1n) is 8.16. The van der Waals surface area contributed by atoms with Crippen molar-refractivity contribution in [1.82, 2.24) is 15.1 Å². The number of piperidine rings is 1. The molecule has 1 aliphatic rings. The molecule has 3 aromatic rings. The molecule has 4 rings (SSSR count). The predicted molar refractivity (Wildman–Crippen MR) is 99.5 cm³/mol. The van der Waals surface area contributed by atoms with Gasteiger partial charge in [-0.15, -0.1) is 21.5 Å². The number of amides is 1. The van der Waals surface area contributed by atoms with Crippen molar-refractivity contribution in [2.75, 3.05) is 13.1 Å². The number of carbonyl (C=O) groups excluding carboxylic acids is 1. The number of hydrogen-bond acceptors (Lipinski definition) is 6. The van der Waals surface area contributed by atoms with Gasteiger partial charge in [-0.2, -0.15) is 11.3 Å². The topological polar surface area (TPSA) is 59.2 Å². The Morgan fingerprint density at radius 2 is 2.12 bits per heavy atom. The quantitative estimate of drug-likeness (QED) is 0.642. The van der Waals surface area contributed by atoms with Crippen molar-refractivity contribution in [3.63, 3.8) is 0 Å². The zero-order chi connectivity index (χ0) is 17.1. The van der Waals surface area contributed by atoms with Crippen molar-refractivity contribution in [3.8, 4) is 11.5 Å². The first-order valence-corrected chi connectivity index (χ1v) is 9.98. The molecule has 4 heterocycles. The maximum absolute atomic E-state index is 12.3. The summed E-state index contributed by atoms with van der Waals surface area (Å²) in [6.45, 7) is 1.43. The highest BCUT2D eigenvalue weighted by Gasteiger charge is 2.26. The molecular weight excluding hydrogens is 354 g/mol. The largest absolute Gasteiger partial charge is 0.420 e. The summed E-state index contributed by atoms with van der Waals surface area (Å²) < 4.78 is 5.83.